The molecule has 0 unspecified atom stereocenters. The number of thioether (sulfide) groups is 1. The lowest BCUT2D eigenvalue weighted by Gasteiger charge is -2.22. The molecule has 0 saturated carbocycles. The molecule has 0 aliphatic heterocycles. The minimum Gasteiger partial charge on any atom is -0.480 e. The number of carbonyl (C=O) groups excluding carboxylic acids is 2. The van der Waals surface area contributed by atoms with E-state index in [0.717, 1.165) is 27.8 Å². The van der Waals surface area contributed by atoms with Crippen LogP contribution in [0.4, 0.5) is 4.79 Å². The van der Waals surface area contributed by atoms with Crippen LogP contribution in [0.5, 0.6) is 0 Å². The van der Waals surface area contributed by atoms with Crippen molar-refractivity contribution in [3.8, 4) is 11.1 Å². The van der Waals surface area contributed by atoms with Gasteiger partial charge in [-0.3, -0.25) is 4.79 Å². The van der Waals surface area contributed by atoms with Gasteiger partial charge in [0.05, 0.1) is 0 Å². The van der Waals surface area contributed by atoms with E-state index in [0.29, 0.717) is 12.2 Å². The number of hydrogen-bond donors (Lipinski definition) is 3. The summed E-state index contributed by atoms with van der Waals surface area (Å²) in [7, 11) is 0. The van der Waals surface area contributed by atoms with Crippen molar-refractivity contribution in [1.29, 1.82) is 0 Å². The molecule has 8 heteroatoms. The van der Waals surface area contributed by atoms with Crippen molar-refractivity contribution in [3.05, 3.63) is 95.6 Å². The zero-order valence-corrected chi connectivity index (χ0v) is 21.4. The molecule has 3 aromatic carbocycles. The number of ether oxygens (including phenoxy) is 1. The van der Waals surface area contributed by atoms with Crippen LogP contribution < -0.4 is 10.6 Å². The number of rotatable bonds is 11. The van der Waals surface area contributed by atoms with Gasteiger partial charge in [0.1, 0.15) is 18.7 Å². The third-order valence-corrected chi connectivity index (χ3v) is 7.10. The highest BCUT2D eigenvalue weighted by molar-refractivity contribution is 7.98. The van der Waals surface area contributed by atoms with E-state index in [4.69, 9.17) is 4.74 Å². The van der Waals surface area contributed by atoms with Crippen LogP contribution in [0.3, 0.4) is 0 Å². The van der Waals surface area contributed by atoms with Gasteiger partial charge in [-0.05, 0) is 46.2 Å². The molecule has 2 atom stereocenters. The molecule has 192 valence electrons. The second-order valence-corrected chi connectivity index (χ2v) is 9.88. The number of aliphatic carboxylic acids is 1. The Morgan fingerprint density at radius 2 is 1.46 bits per heavy atom. The first-order valence-electron chi connectivity index (χ1n) is 12.2. The van der Waals surface area contributed by atoms with Crippen molar-refractivity contribution in [2.24, 2.45) is 0 Å². The summed E-state index contributed by atoms with van der Waals surface area (Å²) >= 11 is 1.53. The molecule has 4 rings (SSSR count). The summed E-state index contributed by atoms with van der Waals surface area (Å²) in [5.41, 5.74) is 5.24. The molecule has 0 heterocycles. The van der Waals surface area contributed by atoms with E-state index in [1.807, 2.05) is 73.0 Å². The summed E-state index contributed by atoms with van der Waals surface area (Å²) < 4.78 is 5.60. The van der Waals surface area contributed by atoms with E-state index < -0.39 is 30.1 Å². The Bertz CT molecular complexity index is 1200. The maximum Gasteiger partial charge on any atom is 0.407 e. The summed E-state index contributed by atoms with van der Waals surface area (Å²) in [6.07, 6.45) is 1.67. The lowest BCUT2D eigenvalue weighted by molar-refractivity contribution is -0.142. The van der Waals surface area contributed by atoms with Crippen LogP contribution in [-0.4, -0.2) is 53.8 Å². The van der Waals surface area contributed by atoms with Crippen LogP contribution >= 0.6 is 11.8 Å². The third kappa shape index (κ3) is 6.51. The maximum absolute atomic E-state index is 13.0. The van der Waals surface area contributed by atoms with Crippen molar-refractivity contribution < 1.29 is 24.2 Å². The highest BCUT2D eigenvalue weighted by atomic mass is 32.2. The summed E-state index contributed by atoms with van der Waals surface area (Å²) in [4.78, 5) is 37.6. The SMILES string of the molecule is CSCC[C@H](NC(=O)OCC1c2ccccc2-c2ccccc21)C(=O)N[C@@H](Cc1ccccc1)C(=O)O. The van der Waals surface area contributed by atoms with Gasteiger partial charge >= 0.3 is 12.1 Å². The lowest BCUT2D eigenvalue weighted by Crippen LogP contribution is -2.52. The number of hydrogen-bond acceptors (Lipinski definition) is 5. The molecule has 0 bridgehead atoms. The Labute approximate surface area is 220 Å². The largest absolute Gasteiger partial charge is 0.480 e. The number of nitrogens with one attached hydrogen (secondary N) is 2. The molecule has 3 aromatic rings. The fourth-order valence-electron chi connectivity index (χ4n) is 4.61. The molecule has 0 aromatic heterocycles. The van der Waals surface area contributed by atoms with Gasteiger partial charge in [0.25, 0.3) is 0 Å². The second kappa shape index (κ2) is 12.5. The number of carbonyl (C=O) groups is 3. The average molecular weight is 519 g/mol. The van der Waals surface area contributed by atoms with Crippen LogP contribution in [0.1, 0.15) is 29.0 Å². The van der Waals surface area contributed by atoms with Crippen molar-refractivity contribution in [3.63, 3.8) is 0 Å². The number of benzene rings is 3. The zero-order valence-electron chi connectivity index (χ0n) is 20.6. The van der Waals surface area contributed by atoms with Gasteiger partial charge in [0, 0.05) is 12.3 Å². The van der Waals surface area contributed by atoms with Crippen LogP contribution in [0, 0.1) is 0 Å². The first-order chi connectivity index (χ1) is 18.0. The molecule has 0 spiro atoms. The Hall–Kier alpha value is -3.78. The molecule has 0 radical (unpaired) electrons. The van der Waals surface area contributed by atoms with Crippen LogP contribution in [0.2, 0.25) is 0 Å². The Morgan fingerprint density at radius 1 is 0.865 bits per heavy atom. The summed E-state index contributed by atoms with van der Waals surface area (Å²) in [5.74, 6) is -1.18. The molecule has 1 aliphatic carbocycles. The van der Waals surface area contributed by atoms with E-state index >= 15 is 0 Å². The standard InChI is InChI=1S/C29H30N2O5S/c1-37-16-15-25(27(32)30-26(28(33)34)17-19-9-3-2-4-10-19)31-29(35)36-18-24-22-13-7-5-11-20(22)21-12-6-8-14-23(21)24/h2-14,24-26H,15-18H2,1H3,(H,30,32)(H,31,35)(H,33,34)/t25-,26-/m0/s1. The predicted molar refractivity (Wildman–Crippen MR) is 145 cm³/mol. The highest BCUT2D eigenvalue weighted by Crippen LogP contribution is 2.44. The third-order valence-electron chi connectivity index (χ3n) is 6.46. The highest BCUT2D eigenvalue weighted by Gasteiger charge is 2.30. The van der Waals surface area contributed by atoms with E-state index in [1.165, 1.54) is 11.8 Å². The quantitative estimate of drug-likeness (QED) is 0.346. The van der Waals surface area contributed by atoms with E-state index in [9.17, 15) is 19.5 Å². The summed E-state index contributed by atoms with van der Waals surface area (Å²) in [6, 6.07) is 23.2. The van der Waals surface area contributed by atoms with Gasteiger partial charge < -0.3 is 20.5 Å². The zero-order chi connectivity index (χ0) is 26.2. The molecule has 0 saturated heterocycles. The summed E-state index contributed by atoms with van der Waals surface area (Å²) in [6.45, 7) is 0.127. The number of carboxylic acid groups (broad SMARTS) is 1. The van der Waals surface area contributed by atoms with Crippen molar-refractivity contribution in [2.45, 2.75) is 30.8 Å². The van der Waals surface area contributed by atoms with Gasteiger partial charge in [-0.15, -0.1) is 0 Å². The number of fused-ring (bicyclic) bond motifs is 3. The molecular formula is C29H30N2O5S. The van der Waals surface area contributed by atoms with Crippen LogP contribution in [-0.2, 0) is 20.7 Å². The van der Waals surface area contributed by atoms with Gasteiger partial charge in [0.15, 0.2) is 0 Å². The Balaban J connectivity index is 1.40. The molecular weight excluding hydrogens is 488 g/mol. The van der Waals surface area contributed by atoms with Crippen LogP contribution in [0.25, 0.3) is 11.1 Å². The van der Waals surface area contributed by atoms with Crippen molar-refractivity contribution in [2.75, 3.05) is 18.6 Å². The van der Waals surface area contributed by atoms with Crippen molar-refractivity contribution >= 4 is 29.7 Å². The molecule has 37 heavy (non-hydrogen) atoms. The lowest BCUT2D eigenvalue weighted by atomic mass is 9.98. The van der Waals surface area contributed by atoms with Gasteiger partial charge in [-0.2, -0.15) is 11.8 Å². The number of carboxylic acids is 1. The topological polar surface area (TPSA) is 105 Å². The first kappa shape index (κ1) is 26.3. The van der Waals surface area contributed by atoms with Crippen LogP contribution in [0.15, 0.2) is 78.9 Å². The summed E-state index contributed by atoms with van der Waals surface area (Å²) in [5, 5.41) is 14.9. The predicted octanol–water partition coefficient (Wildman–Crippen LogP) is 4.46. The molecule has 1 aliphatic rings. The molecule has 7 nitrogen and oxygen atoms in total. The fourth-order valence-corrected chi connectivity index (χ4v) is 5.08. The van der Waals surface area contributed by atoms with E-state index in [-0.39, 0.29) is 18.9 Å². The Kier molecular flexibility index (Phi) is 8.85. The molecule has 3 N–H and O–H groups in total. The minimum atomic E-state index is -1.14. The molecule has 2 amide bonds. The normalized spacial score (nSPS) is 13.6. The van der Waals surface area contributed by atoms with E-state index in [1.54, 1.807) is 0 Å². The monoisotopic (exact) mass is 518 g/mol. The fraction of sp³-hybridized carbons (Fsp3) is 0.276. The number of amides is 2. The van der Waals surface area contributed by atoms with Gasteiger partial charge in [-0.25, -0.2) is 9.59 Å². The number of alkyl carbamates (subject to hydrolysis) is 1. The van der Waals surface area contributed by atoms with Gasteiger partial charge in [-0.1, -0.05) is 78.9 Å². The minimum absolute atomic E-state index is 0.0983. The maximum atomic E-state index is 13.0. The van der Waals surface area contributed by atoms with E-state index in [2.05, 4.69) is 22.8 Å². The van der Waals surface area contributed by atoms with Crippen molar-refractivity contribution in [1.82, 2.24) is 10.6 Å². The van der Waals surface area contributed by atoms with Gasteiger partial charge in [0.2, 0.25) is 5.91 Å². The first-order valence-corrected chi connectivity index (χ1v) is 13.5. The average Bonchev–Trinajstić information content (AvgIpc) is 3.23. The smallest absolute Gasteiger partial charge is 0.407 e. The second-order valence-electron chi connectivity index (χ2n) is 8.89. The molecule has 0 fully saturated rings. The Morgan fingerprint density at radius 3 is 2.05 bits per heavy atom.